The number of hydrogen-bond acceptors (Lipinski definition) is 3. The normalized spacial score (nSPS) is 23.4. The number of aromatic nitrogens is 1. The lowest BCUT2D eigenvalue weighted by atomic mass is 10.2. The summed E-state index contributed by atoms with van der Waals surface area (Å²) in [4.78, 5) is 14.2. The molecule has 0 bridgehead atoms. The first kappa shape index (κ1) is 14.8. The third-order valence-corrected chi connectivity index (χ3v) is 5.13. The van der Waals surface area contributed by atoms with E-state index in [0.717, 1.165) is 36.1 Å². The van der Waals surface area contributed by atoms with Crippen LogP contribution in [0.4, 0.5) is 0 Å². The zero-order valence-corrected chi connectivity index (χ0v) is 13.9. The zero-order chi connectivity index (χ0) is 16.0. The van der Waals surface area contributed by atoms with Crippen molar-refractivity contribution < 1.29 is 4.42 Å². The molecule has 0 N–H and O–H groups in total. The number of nitrogens with zero attached hydrogens (tertiary/aromatic N) is 2. The fraction of sp³-hybridized carbons (Fsp3) is 0.526. The van der Waals surface area contributed by atoms with Crippen LogP contribution >= 0.6 is 0 Å². The monoisotopic (exact) mass is 312 g/mol. The second-order valence-electron chi connectivity index (χ2n) is 7.24. The van der Waals surface area contributed by atoms with Crippen LogP contribution in [0, 0.1) is 5.92 Å². The first-order valence-electron chi connectivity index (χ1n) is 8.58. The quantitative estimate of drug-likeness (QED) is 0.822. The Morgan fingerprint density at radius 2 is 2.04 bits per heavy atom. The fourth-order valence-corrected chi connectivity index (χ4v) is 3.27. The number of furan rings is 1. The molecule has 0 radical (unpaired) electrons. The van der Waals surface area contributed by atoms with Crippen LogP contribution in [0.25, 0.3) is 0 Å². The van der Waals surface area contributed by atoms with Gasteiger partial charge in [-0.1, -0.05) is 6.92 Å². The Morgan fingerprint density at radius 1 is 1.26 bits per heavy atom. The van der Waals surface area contributed by atoms with Crippen LogP contribution in [-0.4, -0.2) is 15.5 Å². The van der Waals surface area contributed by atoms with Crippen molar-refractivity contribution in [3.63, 3.8) is 0 Å². The Kier molecular flexibility index (Phi) is 3.64. The lowest BCUT2D eigenvalue weighted by Gasteiger charge is -2.21. The number of rotatable bonds is 6. The van der Waals surface area contributed by atoms with Crippen LogP contribution in [0.2, 0.25) is 0 Å². The van der Waals surface area contributed by atoms with E-state index in [1.165, 1.54) is 19.3 Å². The van der Waals surface area contributed by atoms with Crippen LogP contribution in [0.5, 0.6) is 0 Å². The van der Waals surface area contributed by atoms with E-state index in [4.69, 9.17) is 4.42 Å². The predicted octanol–water partition coefficient (Wildman–Crippen LogP) is 3.27. The summed E-state index contributed by atoms with van der Waals surface area (Å²) in [6.07, 6.45) is 5.60. The van der Waals surface area contributed by atoms with Crippen LogP contribution < -0.4 is 5.56 Å². The molecule has 2 unspecified atom stereocenters. The van der Waals surface area contributed by atoms with Crippen LogP contribution in [0.15, 0.2) is 39.7 Å². The lowest BCUT2D eigenvalue weighted by Crippen LogP contribution is -2.26. The van der Waals surface area contributed by atoms with Crippen molar-refractivity contribution in [1.82, 2.24) is 9.47 Å². The third-order valence-electron chi connectivity index (χ3n) is 5.13. The van der Waals surface area contributed by atoms with E-state index in [0.29, 0.717) is 12.0 Å². The van der Waals surface area contributed by atoms with Crippen molar-refractivity contribution in [3.8, 4) is 0 Å². The summed E-state index contributed by atoms with van der Waals surface area (Å²) >= 11 is 0. The Morgan fingerprint density at radius 3 is 2.70 bits per heavy atom. The lowest BCUT2D eigenvalue weighted by molar-refractivity contribution is 0.223. The van der Waals surface area contributed by atoms with Crippen molar-refractivity contribution in [2.75, 3.05) is 0 Å². The fourth-order valence-electron chi connectivity index (χ4n) is 3.27. The maximum Gasteiger partial charge on any atom is 0.250 e. The first-order valence-corrected chi connectivity index (χ1v) is 8.58. The van der Waals surface area contributed by atoms with E-state index in [9.17, 15) is 4.79 Å². The molecule has 2 aromatic rings. The highest BCUT2D eigenvalue weighted by Gasteiger charge is 2.37. The molecule has 2 fully saturated rings. The van der Waals surface area contributed by atoms with Gasteiger partial charge in [-0.25, -0.2) is 0 Å². The predicted molar refractivity (Wildman–Crippen MR) is 89.2 cm³/mol. The second kappa shape index (κ2) is 5.68. The van der Waals surface area contributed by atoms with E-state index < -0.39 is 0 Å². The molecule has 2 aliphatic rings. The van der Waals surface area contributed by atoms with Gasteiger partial charge in [0, 0.05) is 37.8 Å². The van der Waals surface area contributed by atoms with E-state index in [1.54, 1.807) is 17.7 Å². The first-order chi connectivity index (χ1) is 11.1. The highest BCUT2D eigenvalue weighted by atomic mass is 16.3. The molecule has 0 amide bonds. The molecule has 2 aliphatic carbocycles. The van der Waals surface area contributed by atoms with Crippen LogP contribution in [0.3, 0.4) is 0 Å². The zero-order valence-electron chi connectivity index (χ0n) is 13.9. The van der Waals surface area contributed by atoms with Crippen LogP contribution in [0.1, 0.15) is 49.2 Å². The molecule has 2 saturated carbocycles. The van der Waals surface area contributed by atoms with Crippen molar-refractivity contribution in [3.05, 3.63) is 57.9 Å². The molecule has 0 spiro atoms. The number of aryl methyl sites for hydroxylation is 1. The molecule has 4 nitrogen and oxygen atoms in total. The molecular weight excluding hydrogens is 288 g/mol. The van der Waals surface area contributed by atoms with Gasteiger partial charge in [0.15, 0.2) is 0 Å². The average molecular weight is 312 g/mol. The minimum absolute atomic E-state index is 0.0567. The molecular formula is C19H24N2O2. The van der Waals surface area contributed by atoms with Gasteiger partial charge in [-0.05, 0) is 48.9 Å². The standard InChI is InChI=1S/C19H24N2O2/c1-13-9-17(13)18-6-5-16(23-18)12-21(15-3-4-15)11-14-7-8-20(2)19(22)10-14/h5-8,10,13,15,17H,3-4,9,11-12H2,1-2H3. The summed E-state index contributed by atoms with van der Waals surface area (Å²) in [5.41, 5.74) is 1.14. The topological polar surface area (TPSA) is 38.4 Å². The van der Waals surface area contributed by atoms with Gasteiger partial charge in [0.25, 0.3) is 5.56 Å². The summed E-state index contributed by atoms with van der Waals surface area (Å²) in [7, 11) is 1.79. The van der Waals surface area contributed by atoms with Gasteiger partial charge >= 0.3 is 0 Å². The minimum Gasteiger partial charge on any atom is -0.464 e. The Hall–Kier alpha value is -1.81. The molecule has 4 heteroatoms. The van der Waals surface area contributed by atoms with Gasteiger partial charge in [-0.2, -0.15) is 0 Å². The number of pyridine rings is 1. The highest BCUT2D eigenvalue weighted by Crippen LogP contribution is 2.47. The smallest absolute Gasteiger partial charge is 0.250 e. The molecule has 23 heavy (non-hydrogen) atoms. The van der Waals surface area contributed by atoms with Gasteiger partial charge in [0.2, 0.25) is 0 Å². The summed E-state index contributed by atoms with van der Waals surface area (Å²) in [6, 6.07) is 8.69. The van der Waals surface area contributed by atoms with Gasteiger partial charge in [-0.15, -0.1) is 0 Å². The van der Waals surface area contributed by atoms with Crippen molar-refractivity contribution in [2.24, 2.45) is 13.0 Å². The average Bonchev–Trinajstić information content (AvgIpc) is 3.44. The molecule has 2 heterocycles. The van der Waals surface area contributed by atoms with E-state index in [-0.39, 0.29) is 5.56 Å². The molecule has 2 aromatic heterocycles. The Balaban J connectivity index is 1.46. The summed E-state index contributed by atoms with van der Waals surface area (Å²) in [6.45, 7) is 3.93. The van der Waals surface area contributed by atoms with E-state index in [1.807, 2.05) is 12.3 Å². The molecule has 2 atom stereocenters. The summed E-state index contributed by atoms with van der Waals surface area (Å²) < 4.78 is 7.67. The largest absolute Gasteiger partial charge is 0.464 e. The molecule has 0 saturated heterocycles. The molecule has 0 aliphatic heterocycles. The molecule has 122 valence electrons. The highest BCUT2D eigenvalue weighted by molar-refractivity contribution is 5.18. The maximum atomic E-state index is 11.8. The van der Waals surface area contributed by atoms with Crippen molar-refractivity contribution >= 4 is 0 Å². The molecule has 4 rings (SSSR count). The van der Waals surface area contributed by atoms with E-state index in [2.05, 4.69) is 24.0 Å². The Bertz CT molecular complexity index is 757. The Labute approximate surface area is 136 Å². The molecule has 0 aromatic carbocycles. The maximum absolute atomic E-state index is 11.8. The SMILES string of the molecule is CC1CC1c1ccc(CN(Cc2ccn(C)c(=O)c2)C2CC2)o1. The van der Waals surface area contributed by atoms with E-state index >= 15 is 0 Å². The van der Waals surface area contributed by atoms with Crippen molar-refractivity contribution in [2.45, 2.75) is 51.2 Å². The summed E-state index contributed by atoms with van der Waals surface area (Å²) in [5, 5.41) is 0. The second-order valence-corrected chi connectivity index (χ2v) is 7.24. The minimum atomic E-state index is 0.0567. The van der Waals surface area contributed by atoms with Gasteiger partial charge in [-0.3, -0.25) is 9.69 Å². The summed E-state index contributed by atoms with van der Waals surface area (Å²) in [5.74, 6) is 3.61. The van der Waals surface area contributed by atoms with Gasteiger partial charge in [0.1, 0.15) is 11.5 Å². The third kappa shape index (κ3) is 3.27. The van der Waals surface area contributed by atoms with Gasteiger partial charge in [0.05, 0.1) is 6.54 Å². The van der Waals surface area contributed by atoms with Crippen LogP contribution in [-0.2, 0) is 20.1 Å². The number of hydrogen-bond donors (Lipinski definition) is 0. The van der Waals surface area contributed by atoms with Crippen molar-refractivity contribution in [1.29, 1.82) is 0 Å². The van der Waals surface area contributed by atoms with Gasteiger partial charge < -0.3 is 8.98 Å².